The molecule has 0 bridgehead atoms. The second-order valence-corrected chi connectivity index (χ2v) is 9.10. The van der Waals surface area contributed by atoms with Gasteiger partial charge in [-0.1, -0.05) is 30.3 Å². The third-order valence-electron chi connectivity index (χ3n) is 5.25. The molecule has 0 atom stereocenters. The van der Waals surface area contributed by atoms with Gasteiger partial charge in [0.2, 0.25) is 21.9 Å². The van der Waals surface area contributed by atoms with Gasteiger partial charge in [-0.2, -0.15) is 9.29 Å². The SMILES string of the molecule is CCOc1nc(N2CCN(S(=O)(=O)c3ccc4ccccc4c3)CC2)ncc1C(=O)NO. The van der Waals surface area contributed by atoms with E-state index in [9.17, 15) is 13.2 Å². The van der Waals surface area contributed by atoms with Crippen molar-refractivity contribution in [3.8, 4) is 5.88 Å². The van der Waals surface area contributed by atoms with E-state index in [1.807, 2.05) is 35.2 Å². The van der Waals surface area contributed by atoms with E-state index in [1.54, 1.807) is 24.5 Å². The zero-order valence-electron chi connectivity index (χ0n) is 17.4. The molecular weight excluding hydrogens is 434 g/mol. The van der Waals surface area contributed by atoms with Gasteiger partial charge in [-0.15, -0.1) is 0 Å². The number of benzene rings is 2. The van der Waals surface area contributed by atoms with Crippen molar-refractivity contribution in [3.63, 3.8) is 0 Å². The van der Waals surface area contributed by atoms with Crippen LogP contribution in [0.2, 0.25) is 0 Å². The molecule has 1 amide bonds. The topological polar surface area (TPSA) is 125 Å². The Labute approximate surface area is 185 Å². The fourth-order valence-corrected chi connectivity index (χ4v) is 5.04. The molecule has 32 heavy (non-hydrogen) atoms. The maximum Gasteiger partial charge on any atom is 0.281 e. The number of hydroxylamine groups is 1. The molecule has 1 aromatic heterocycles. The van der Waals surface area contributed by atoms with Crippen molar-refractivity contribution in [2.45, 2.75) is 11.8 Å². The zero-order valence-corrected chi connectivity index (χ0v) is 18.2. The summed E-state index contributed by atoms with van der Waals surface area (Å²) < 4.78 is 33.2. The Morgan fingerprint density at radius 3 is 2.53 bits per heavy atom. The van der Waals surface area contributed by atoms with E-state index in [1.165, 1.54) is 10.5 Å². The zero-order chi connectivity index (χ0) is 22.7. The minimum absolute atomic E-state index is 0.00983. The number of amides is 1. The van der Waals surface area contributed by atoms with E-state index in [0.717, 1.165) is 10.8 Å². The number of aromatic nitrogens is 2. The molecule has 0 spiro atoms. The maximum absolute atomic E-state index is 13.2. The van der Waals surface area contributed by atoms with Crippen LogP contribution in [-0.2, 0) is 10.0 Å². The second-order valence-electron chi connectivity index (χ2n) is 7.16. The molecule has 11 heteroatoms. The van der Waals surface area contributed by atoms with Crippen LogP contribution in [0.4, 0.5) is 5.95 Å². The summed E-state index contributed by atoms with van der Waals surface area (Å²) in [5, 5.41) is 10.7. The average molecular weight is 458 g/mol. The van der Waals surface area contributed by atoms with E-state index in [2.05, 4.69) is 9.97 Å². The number of fused-ring (bicyclic) bond motifs is 1. The molecule has 4 rings (SSSR count). The third kappa shape index (κ3) is 4.22. The first-order valence-electron chi connectivity index (χ1n) is 10.1. The lowest BCUT2D eigenvalue weighted by molar-refractivity contribution is 0.0701. The van der Waals surface area contributed by atoms with Gasteiger partial charge in [-0.05, 0) is 29.8 Å². The molecule has 1 saturated heterocycles. The Hall–Kier alpha value is -3.28. The van der Waals surface area contributed by atoms with Gasteiger partial charge < -0.3 is 9.64 Å². The number of nitrogens with one attached hydrogen (secondary N) is 1. The average Bonchev–Trinajstić information content (AvgIpc) is 2.83. The summed E-state index contributed by atoms with van der Waals surface area (Å²) in [6, 6.07) is 12.8. The number of sulfonamides is 1. The van der Waals surface area contributed by atoms with Gasteiger partial charge in [-0.3, -0.25) is 10.0 Å². The van der Waals surface area contributed by atoms with Crippen molar-refractivity contribution in [3.05, 3.63) is 54.2 Å². The summed E-state index contributed by atoms with van der Waals surface area (Å²) in [6.07, 6.45) is 1.27. The molecule has 0 unspecified atom stereocenters. The number of carbonyl (C=O) groups excluding carboxylic acids is 1. The molecule has 2 heterocycles. The number of nitrogens with zero attached hydrogens (tertiary/aromatic N) is 4. The van der Waals surface area contributed by atoms with Gasteiger partial charge in [0.25, 0.3) is 5.91 Å². The van der Waals surface area contributed by atoms with Crippen LogP contribution in [0.15, 0.2) is 53.6 Å². The van der Waals surface area contributed by atoms with E-state index >= 15 is 0 Å². The van der Waals surface area contributed by atoms with Crippen LogP contribution in [-0.4, -0.2) is 66.6 Å². The molecule has 10 nitrogen and oxygen atoms in total. The number of anilines is 1. The number of hydrogen-bond acceptors (Lipinski definition) is 8. The molecule has 0 saturated carbocycles. The minimum atomic E-state index is -3.64. The van der Waals surface area contributed by atoms with E-state index < -0.39 is 15.9 Å². The fourth-order valence-electron chi connectivity index (χ4n) is 3.58. The van der Waals surface area contributed by atoms with E-state index in [4.69, 9.17) is 9.94 Å². The minimum Gasteiger partial charge on any atom is -0.477 e. The largest absolute Gasteiger partial charge is 0.477 e. The van der Waals surface area contributed by atoms with Crippen molar-refractivity contribution in [2.75, 3.05) is 37.7 Å². The Morgan fingerprint density at radius 1 is 1.12 bits per heavy atom. The van der Waals surface area contributed by atoms with Crippen LogP contribution >= 0.6 is 0 Å². The van der Waals surface area contributed by atoms with Gasteiger partial charge >= 0.3 is 0 Å². The Balaban J connectivity index is 1.51. The second kappa shape index (κ2) is 9.07. The number of carbonyl (C=O) groups is 1. The molecule has 1 fully saturated rings. The lowest BCUT2D eigenvalue weighted by atomic mass is 10.1. The van der Waals surface area contributed by atoms with E-state index in [-0.39, 0.29) is 36.0 Å². The van der Waals surface area contributed by atoms with Gasteiger partial charge in [-0.25, -0.2) is 18.9 Å². The Kier molecular flexibility index (Phi) is 6.21. The quantitative estimate of drug-likeness (QED) is 0.423. The normalized spacial score (nSPS) is 15.0. The molecule has 2 N–H and O–H groups in total. The first-order chi connectivity index (χ1) is 15.4. The first-order valence-corrected chi connectivity index (χ1v) is 11.6. The molecule has 3 aromatic rings. The number of piperazine rings is 1. The molecular formula is C21H23N5O5S. The summed E-state index contributed by atoms with van der Waals surface area (Å²) in [4.78, 5) is 22.3. The fraction of sp³-hybridized carbons (Fsp3) is 0.286. The smallest absolute Gasteiger partial charge is 0.281 e. The highest BCUT2D eigenvalue weighted by Crippen LogP contribution is 2.24. The van der Waals surface area contributed by atoms with Crippen molar-refractivity contribution >= 4 is 32.7 Å². The van der Waals surface area contributed by atoms with Crippen molar-refractivity contribution in [2.24, 2.45) is 0 Å². The van der Waals surface area contributed by atoms with Gasteiger partial charge in [0.15, 0.2) is 0 Å². The van der Waals surface area contributed by atoms with Crippen LogP contribution in [0.5, 0.6) is 5.88 Å². The Morgan fingerprint density at radius 2 is 1.84 bits per heavy atom. The predicted octanol–water partition coefficient (Wildman–Crippen LogP) is 1.66. The highest BCUT2D eigenvalue weighted by Gasteiger charge is 2.30. The van der Waals surface area contributed by atoms with Crippen molar-refractivity contribution < 1.29 is 23.2 Å². The standard InChI is InChI=1S/C21H23N5O5S/c1-2-31-20-18(19(27)24-28)14-22-21(23-20)25-9-11-26(12-10-25)32(29,30)17-8-7-15-5-3-4-6-16(15)13-17/h3-8,13-14,28H,2,9-12H2,1H3,(H,24,27). The lowest BCUT2D eigenvalue weighted by Gasteiger charge is -2.34. The summed E-state index contributed by atoms with van der Waals surface area (Å²) in [6.45, 7) is 3.31. The molecule has 1 aliphatic rings. The summed E-state index contributed by atoms with van der Waals surface area (Å²) >= 11 is 0. The highest BCUT2D eigenvalue weighted by molar-refractivity contribution is 7.89. The van der Waals surface area contributed by atoms with Crippen LogP contribution < -0.4 is 15.1 Å². The molecule has 0 aliphatic carbocycles. The Bertz CT molecular complexity index is 1240. The van der Waals surface area contributed by atoms with Gasteiger partial charge in [0, 0.05) is 32.4 Å². The van der Waals surface area contributed by atoms with Crippen LogP contribution in [0, 0.1) is 0 Å². The van der Waals surface area contributed by atoms with Crippen LogP contribution in [0.25, 0.3) is 10.8 Å². The first kappa shape index (κ1) is 21.9. The highest BCUT2D eigenvalue weighted by atomic mass is 32.2. The number of hydrogen-bond donors (Lipinski definition) is 2. The lowest BCUT2D eigenvalue weighted by Crippen LogP contribution is -2.49. The number of rotatable bonds is 6. The summed E-state index contributed by atoms with van der Waals surface area (Å²) in [7, 11) is -3.64. The van der Waals surface area contributed by atoms with E-state index in [0.29, 0.717) is 19.0 Å². The monoisotopic (exact) mass is 457 g/mol. The maximum atomic E-state index is 13.2. The van der Waals surface area contributed by atoms with Crippen LogP contribution in [0.3, 0.4) is 0 Å². The summed E-state index contributed by atoms with van der Waals surface area (Å²) in [5.41, 5.74) is 1.55. The van der Waals surface area contributed by atoms with Gasteiger partial charge in [0.05, 0.1) is 11.5 Å². The van der Waals surface area contributed by atoms with Gasteiger partial charge in [0.1, 0.15) is 5.56 Å². The predicted molar refractivity (Wildman–Crippen MR) is 117 cm³/mol. The van der Waals surface area contributed by atoms with Crippen LogP contribution in [0.1, 0.15) is 17.3 Å². The molecule has 0 radical (unpaired) electrons. The molecule has 1 aliphatic heterocycles. The number of ether oxygens (including phenoxy) is 1. The summed E-state index contributed by atoms with van der Waals surface area (Å²) in [5.74, 6) is -0.396. The molecule has 2 aromatic carbocycles. The van der Waals surface area contributed by atoms with Crippen molar-refractivity contribution in [1.29, 1.82) is 0 Å². The third-order valence-corrected chi connectivity index (χ3v) is 7.14. The molecule has 168 valence electrons. The van der Waals surface area contributed by atoms with Crippen molar-refractivity contribution in [1.82, 2.24) is 19.8 Å².